The maximum Gasteiger partial charge on any atom is 0.0617 e. The van der Waals surface area contributed by atoms with E-state index in [9.17, 15) is 0 Å². The van der Waals surface area contributed by atoms with Gasteiger partial charge in [-0.1, -0.05) is 19.8 Å². The molecule has 1 aliphatic carbocycles. The van der Waals surface area contributed by atoms with E-state index in [0.29, 0.717) is 11.5 Å². The van der Waals surface area contributed by atoms with Crippen LogP contribution in [0.2, 0.25) is 0 Å². The van der Waals surface area contributed by atoms with E-state index in [-0.39, 0.29) is 0 Å². The lowest BCUT2D eigenvalue weighted by atomic mass is 9.78. The Morgan fingerprint density at radius 2 is 1.79 bits per heavy atom. The Kier molecular flexibility index (Phi) is 3.73. The SMILES string of the molecule is CC1CCC(C2CC(Cl)CCO2)CC1. The van der Waals surface area contributed by atoms with Crippen LogP contribution in [0.1, 0.15) is 45.4 Å². The fraction of sp³-hybridized carbons (Fsp3) is 1.00. The lowest BCUT2D eigenvalue weighted by molar-refractivity contribution is -0.0319. The molecule has 1 heterocycles. The first-order valence-electron chi connectivity index (χ1n) is 6.01. The van der Waals surface area contributed by atoms with Crippen molar-refractivity contribution in [2.24, 2.45) is 11.8 Å². The second-order valence-electron chi connectivity index (χ2n) is 5.05. The number of rotatable bonds is 1. The van der Waals surface area contributed by atoms with Gasteiger partial charge in [-0.3, -0.25) is 0 Å². The summed E-state index contributed by atoms with van der Waals surface area (Å²) in [5.74, 6) is 1.73. The highest BCUT2D eigenvalue weighted by atomic mass is 35.5. The van der Waals surface area contributed by atoms with Crippen LogP contribution in [0.15, 0.2) is 0 Å². The summed E-state index contributed by atoms with van der Waals surface area (Å²) in [4.78, 5) is 0. The Morgan fingerprint density at radius 3 is 2.43 bits per heavy atom. The van der Waals surface area contributed by atoms with Crippen molar-refractivity contribution in [1.82, 2.24) is 0 Å². The fourth-order valence-corrected chi connectivity index (χ4v) is 3.04. The molecule has 0 spiro atoms. The summed E-state index contributed by atoms with van der Waals surface area (Å²) in [6, 6.07) is 0. The Hall–Kier alpha value is 0.250. The molecule has 1 saturated heterocycles. The van der Waals surface area contributed by atoms with Crippen LogP contribution in [0.25, 0.3) is 0 Å². The molecule has 2 aliphatic rings. The van der Waals surface area contributed by atoms with Gasteiger partial charge in [0, 0.05) is 12.0 Å². The van der Waals surface area contributed by atoms with Gasteiger partial charge in [-0.25, -0.2) is 0 Å². The first-order valence-corrected chi connectivity index (χ1v) is 6.45. The Bertz CT molecular complexity index is 175. The van der Waals surface area contributed by atoms with E-state index in [2.05, 4.69) is 6.92 Å². The number of alkyl halides is 1. The molecule has 0 N–H and O–H groups in total. The third kappa shape index (κ3) is 2.64. The van der Waals surface area contributed by atoms with E-state index >= 15 is 0 Å². The van der Waals surface area contributed by atoms with Crippen molar-refractivity contribution in [3.63, 3.8) is 0 Å². The second kappa shape index (κ2) is 4.85. The summed E-state index contributed by atoms with van der Waals surface area (Å²) >= 11 is 6.18. The predicted octanol–water partition coefficient (Wildman–Crippen LogP) is 3.60. The highest BCUT2D eigenvalue weighted by Gasteiger charge is 2.30. The van der Waals surface area contributed by atoms with Crippen molar-refractivity contribution in [2.75, 3.05) is 6.61 Å². The number of ether oxygens (including phenoxy) is 1. The first-order chi connectivity index (χ1) is 6.75. The molecule has 82 valence electrons. The maximum atomic E-state index is 6.18. The van der Waals surface area contributed by atoms with Crippen molar-refractivity contribution in [2.45, 2.75) is 56.9 Å². The number of halogens is 1. The lowest BCUT2D eigenvalue weighted by Crippen LogP contribution is -2.34. The maximum absolute atomic E-state index is 6.18. The van der Waals surface area contributed by atoms with Crippen LogP contribution in [0.3, 0.4) is 0 Å². The summed E-state index contributed by atoms with van der Waals surface area (Å²) in [5.41, 5.74) is 0. The van der Waals surface area contributed by atoms with E-state index < -0.39 is 0 Å². The summed E-state index contributed by atoms with van der Waals surface area (Å²) in [6.45, 7) is 3.24. The van der Waals surface area contributed by atoms with Gasteiger partial charge in [-0.05, 0) is 37.5 Å². The van der Waals surface area contributed by atoms with Gasteiger partial charge in [-0.15, -0.1) is 11.6 Å². The Labute approximate surface area is 92.2 Å². The second-order valence-corrected chi connectivity index (χ2v) is 5.67. The van der Waals surface area contributed by atoms with Gasteiger partial charge in [-0.2, -0.15) is 0 Å². The Balaban J connectivity index is 1.82. The van der Waals surface area contributed by atoms with E-state index in [1.54, 1.807) is 0 Å². The normalized spacial score (nSPS) is 45.0. The van der Waals surface area contributed by atoms with E-state index in [0.717, 1.165) is 31.3 Å². The molecule has 0 aromatic carbocycles. The third-order valence-corrected chi connectivity index (χ3v) is 4.23. The topological polar surface area (TPSA) is 9.23 Å². The first kappa shape index (κ1) is 10.8. The quantitative estimate of drug-likeness (QED) is 0.609. The Morgan fingerprint density at radius 1 is 1.07 bits per heavy atom. The molecular weight excluding hydrogens is 196 g/mol. The highest BCUT2D eigenvalue weighted by Crippen LogP contribution is 2.35. The third-order valence-electron chi connectivity index (χ3n) is 3.84. The molecule has 1 nitrogen and oxygen atoms in total. The zero-order chi connectivity index (χ0) is 9.97. The average molecular weight is 217 g/mol. The molecule has 0 aromatic heterocycles. The minimum Gasteiger partial charge on any atom is -0.378 e. The molecule has 0 aromatic rings. The summed E-state index contributed by atoms with van der Waals surface area (Å²) < 4.78 is 5.84. The predicted molar refractivity (Wildman–Crippen MR) is 59.7 cm³/mol. The fourth-order valence-electron chi connectivity index (χ4n) is 2.77. The van der Waals surface area contributed by atoms with Crippen LogP contribution in [0, 0.1) is 11.8 Å². The monoisotopic (exact) mass is 216 g/mol. The average Bonchev–Trinajstić information content (AvgIpc) is 2.19. The molecule has 2 heteroatoms. The summed E-state index contributed by atoms with van der Waals surface area (Å²) in [6.07, 6.45) is 8.08. The van der Waals surface area contributed by atoms with Crippen LogP contribution < -0.4 is 0 Å². The molecule has 1 aliphatic heterocycles. The van der Waals surface area contributed by atoms with Crippen LogP contribution in [0.5, 0.6) is 0 Å². The van der Waals surface area contributed by atoms with Crippen molar-refractivity contribution in [1.29, 1.82) is 0 Å². The largest absolute Gasteiger partial charge is 0.378 e. The van der Waals surface area contributed by atoms with Crippen molar-refractivity contribution in [3.05, 3.63) is 0 Å². The smallest absolute Gasteiger partial charge is 0.0617 e. The van der Waals surface area contributed by atoms with Crippen molar-refractivity contribution in [3.8, 4) is 0 Å². The molecule has 14 heavy (non-hydrogen) atoms. The molecule has 0 radical (unpaired) electrons. The van der Waals surface area contributed by atoms with Gasteiger partial charge in [0.05, 0.1) is 6.10 Å². The zero-order valence-corrected chi connectivity index (χ0v) is 9.80. The molecule has 2 rings (SSSR count). The van der Waals surface area contributed by atoms with Gasteiger partial charge in [0.1, 0.15) is 0 Å². The lowest BCUT2D eigenvalue weighted by Gasteiger charge is -2.36. The van der Waals surface area contributed by atoms with Crippen molar-refractivity contribution < 1.29 is 4.74 Å². The molecule has 1 saturated carbocycles. The number of hydrogen-bond acceptors (Lipinski definition) is 1. The number of hydrogen-bond donors (Lipinski definition) is 0. The van der Waals surface area contributed by atoms with Gasteiger partial charge in [0.2, 0.25) is 0 Å². The molecule has 2 unspecified atom stereocenters. The minimum atomic E-state index is 0.369. The van der Waals surface area contributed by atoms with Gasteiger partial charge in [0.15, 0.2) is 0 Å². The standard InChI is InChI=1S/C12H21ClO/c1-9-2-4-10(5-3-9)12-8-11(13)6-7-14-12/h9-12H,2-8H2,1H3. The van der Waals surface area contributed by atoms with Gasteiger partial charge >= 0.3 is 0 Å². The van der Waals surface area contributed by atoms with Crippen LogP contribution >= 0.6 is 11.6 Å². The molecule has 0 bridgehead atoms. The highest BCUT2D eigenvalue weighted by molar-refractivity contribution is 6.20. The summed E-state index contributed by atoms with van der Waals surface area (Å²) in [5, 5.41) is 0.369. The van der Waals surface area contributed by atoms with Gasteiger partial charge < -0.3 is 4.74 Å². The van der Waals surface area contributed by atoms with Crippen LogP contribution in [-0.2, 0) is 4.74 Å². The molecule has 2 atom stereocenters. The van der Waals surface area contributed by atoms with Crippen molar-refractivity contribution >= 4 is 11.6 Å². The minimum absolute atomic E-state index is 0.369. The van der Waals surface area contributed by atoms with E-state index in [4.69, 9.17) is 16.3 Å². The zero-order valence-electron chi connectivity index (χ0n) is 9.05. The molecular formula is C12H21ClO. The summed E-state index contributed by atoms with van der Waals surface area (Å²) in [7, 11) is 0. The van der Waals surface area contributed by atoms with E-state index in [1.807, 2.05) is 0 Å². The van der Waals surface area contributed by atoms with Crippen LogP contribution in [-0.4, -0.2) is 18.1 Å². The van der Waals surface area contributed by atoms with Crippen LogP contribution in [0.4, 0.5) is 0 Å². The molecule has 0 amide bonds. The van der Waals surface area contributed by atoms with Gasteiger partial charge in [0.25, 0.3) is 0 Å². The van der Waals surface area contributed by atoms with E-state index in [1.165, 1.54) is 25.7 Å². The molecule has 2 fully saturated rings.